The maximum absolute atomic E-state index is 15.2. The first kappa shape index (κ1) is 29.3. The van der Waals surface area contributed by atoms with Gasteiger partial charge in [-0.25, -0.2) is 8.42 Å². The van der Waals surface area contributed by atoms with Gasteiger partial charge in [0.2, 0.25) is 9.84 Å². The highest BCUT2D eigenvalue weighted by Gasteiger charge is 2.53. The van der Waals surface area contributed by atoms with Crippen molar-refractivity contribution in [2.45, 2.75) is 20.6 Å². The van der Waals surface area contributed by atoms with E-state index in [2.05, 4.69) is 146 Å². The van der Waals surface area contributed by atoms with Gasteiger partial charge in [0, 0.05) is 0 Å². The SMILES string of the molecule is O=S(=O)(c1ccc2c(c1)C1(c3ccccc3-c3ccccc31)c1ccccc1-2)c1ccc2c(c1)C1(c3ccccc3-c3ccccc31)c1ccccc1-2. The van der Waals surface area contributed by atoms with E-state index in [1.165, 1.54) is 55.6 Å². The topological polar surface area (TPSA) is 34.1 Å². The number of rotatable bonds is 2. The molecular weight excluding hydrogens is 665 g/mol. The van der Waals surface area contributed by atoms with Crippen molar-refractivity contribution in [1.82, 2.24) is 0 Å². The number of benzene rings is 8. The third kappa shape index (κ3) is 3.34. The van der Waals surface area contributed by atoms with E-state index in [-0.39, 0.29) is 0 Å². The molecule has 0 aliphatic heterocycles. The first-order valence-electron chi connectivity index (χ1n) is 18.2. The molecule has 8 aromatic carbocycles. The van der Waals surface area contributed by atoms with E-state index in [0.29, 0.717) is 9.79 Å². The molecule has 0 bridgehead atoms. The summed E-state index contributed by atoms with van der Waals surface area (Å²) in [7, 11) is -3.96. The van der Waals surface area contributed by atoms with Gasteiger partial charge in [-0.2, -0.15) is 0 Å². The molecule has 0 aromatic heterocycles. The Balaban J connectivity index is 1.10. The predicted molar refractivity (Wildman–Crippen MR) is 211 cm³/mol. The molecule has 4 aliphatic rings. The molecule has 12 rings (SSSR count). The van der Waals surface area contributed by atoms with Crippen LogP contribution in [-0.2, 0) is 20.7 Å². The zero-order chi connectivity index (χ0) is 35.1. The molecule has 4 aliphatic carbocycles. The average Bonchev–Trinajstić information content (AvgIpc) is 3.89. The summed E-state index contributed by atoms with van der Waals surface area (Å²) < 4.78 is 30.3. The lowest BCUT2D eigenvalue weighted by molar-refractivity contribution is 0.595. The third-order valence-electron chi connectivity index (χ3n) is 12.6. The molecule has 0 unspecified atom stereocenters. The standard InChI is InChI=1S/C50H30O2S/c51-53(52,31-25-27-39-37-17-5-11-23-45(37)49(47(39)29-31)41-19-7-1-13-33(41)34-14-2-8-20-42(34)49)32-26-28-40-38-18-6-12-24-46(38)50(48(40)30-32)43-21-9-3-15-35(43)36-16-4-10-22-44(36)50/h1-30H. The van der Waals surface area contributed by atoms with Gasteiger partial charge >= 0.3 is 0 Å². The lowest BCUT2D eigenvalue weighted by atomic mass is 9.70. The maximum Gasteiger partial charge on any atom is 0.206 e. The van der Waals surface area contributed by atoms with Crippen molar-refractivity contribution in [3.8, 4) is 44.5 Å². The van der Waals surface area contributed by atoms with Gasteiger partial charge in [0.25, 0.3) is 0 Å². The Labute approximate surface area is 308 Å². The van der Waals surface area contributed by atoms with Crippen molar-refractivity contribution in [3.05, 3.63) is 226 Å². The highest BCUT2D eigenvalue weighted by Crippen LogP contribution is 2.64. The minimum Gasteiger partial charge on any atom is -0.219 e. The maximum atomic E-state index is 15.2. The van der Waals surface area contributed by atoms with E-state index in [0.717, 1.165) is 33.4 Å². The van der Waals surface area contributed by atoms with E-state index in [1.54, 1.807) is 0 Å². The summed E-state index contributed by atoms with van der Waals surface area (Å²) in [5, 5.41) is 0. The van der Waals surface area contributed by atoms with E-state index < -0.39 is 20.7 Å². The molecule has 0 N–H and O–H groups in total. The van der Waals surface area contributed by atoms with Crippen molar-refractivity contribution >= 4 is 9.84 Å². The van der Waals surface area contributed by atoms with Gasteiger partial charge in [-0.3, -0.25) is 0 Å². The first-order chi connectivity index (χ1) is 26.1. The first-order valence-corrected chi connectivity index (χ1v) is 19.7. The number of sulfone groups is 1. The summed E-state index contributed by atoms with van der Waals surface area (Å²) in [6.45, 7) is 0. The molecule has 2 nitrogen and oxygen atoms in total. The lowest BCUT2D eigenvalue weighted by Crippen LogP contribution is -2.26. The van der Waals surface area contributed by atoms with Crippen molar-refractivity contribution < 1.29 is 8.42 Å². The van der Waals surface area contributed by atoms with Gasteiger partial charge in [0.1, 0.15) is 0 Å². The van der Waals surface area contributed by atoms with E-state index in [1.807, 2.05) is 36.4 Å². The van der Waals surface area contributed by atoms with Crippen LogP contribution in [0.25, 0.3) is 44.5 Å². The highest BCUT2D eigenvalue weighted by atomic mass is 32.2. The van der Waals surface area contributed by atoms with Gasteiger partial charge in [0.05, 0.1) is 20.6 Å². The van der Waals surface area contributed by atoms with Crippen molar-refractivity contribution in [1.29, 1.82) is 0 Å². The molecule has 0 radical (unpaired) electrons. The largest absolute Gasteiger partial charge is 0.219 e. The molecule has 2 spiro atoms. The molecule has 0 saturated heterocycles. The predicted octanol–water partition coefficient (Wildman–Crippen LogP) is 11.2. The van der Waals surface area contributed by atoms with Crippen LogP contribution in [0.2, 0.25) is 0 Å². The third-order valence-corrected chi connectivity index (χ3v) is 14.3. The molecule has 0 saturated carbocycles. The van der Waals surface area contributed by atoms with Gasteiger partial charge in [-0.05, 0) is 113 Å². The van der Waals surface area contributed by atoms with Gasteiger partial charge in [-0.15, -0.1) is 0 Å². The Kier molecular flexibility index (Phi) is 5.52. The minimum atomic E-state index is -3.96. The molecule has 0 amide bonds. The Morgan fingerprint density at radius 1 is 0.264 bits per heavy atom. The van der Waals surface area contributed by atoms with Gasteiger partial charge in [0.15, 0.2) is 0 Å². The molecule has 0 atom stereocenters. The summed E-state index contributed by atoms with van der Waals surface area (Å²) >= 11 is 0. The molecular formula is C50H30O2S. The van der Waals surface area contributed by atoms with E-state index in [4.69, 9.17) is 0 Å². The van der Waals surface area contributed by atoms with Crippen LogP contribution < -0.4 is 0 Å². The lowest BCUT2D eigenvalue weighted by Gasteiger charge is -2.31. The number of hydrogen-bond acceptors (Lipinski definition) is 2. The summed E-state index contributed by atoms with van der Waals surface area (Å²) in [4.78, 5) is 0.615. The zero-order valence-corrected chi connectivity index (χ0v) is 29.4. The van der Waals surface area contributed by atoms with Crippen LogP contribution in [0.4, 0.5) is 0 Å². The normalized spacial score (nSPS) is 15.2. The molecule has 248 valence electrons. The Bertz CT molecular complexity index is 2720. The second-order valence-corrected chi connectivity index (χ2v) is 16.6. The fourth-order valence-corrected chi connectivity index (χ4v) is 11.9. The summed E-state index contributed by atoms with van der Waals surface area (Å²) in [6, 6.07) is 63.3. The minimum absolute atomic E-state index is 0.307. The van der Waals surface area contributed by atoms with Crippen LogP contribution in [0.3, 0.4) is 0 Å². The van der Waals surface area contributed by atoms with Crippen LogP contribution in [-0.4, -0.2) is 8.42 Å². The van der Waals surface area contributed by atoms with Crippen LogP contribution in [0.15, 0.2) is 192 Å². The summed E-state index contributed by atoms with van der Waals surface area (Å²) in [5.74, 6) is 0. The molecule has 0 fully saturated rings. The molecule has 0 heterocycles. The highest BCUT2D eigenvalue weighted by molar-refractivity contribution is 7.91. The van der Waals surface area contributed by atoms with E-state index >= 15 is 8.42 Å². The Hall–Kier alpha value is -6.29. The van der Waals surface area contributed by atoms with Crippen LogP contribution in [0.5, 0.6) is 0 Å². The Morgan fingerprint density at radius 2 is 0.491 bits per heavy atom. The second kappa shape index (κ2) is 9.97. The van der Waals surface area contributed by atoms with Gasteiger partial charge < -0.3 is 0 Å². The zero-order valence-electron chi connectivity index (χ0n) is 28.5. The molecule has 8 aromatic rings. The fourth-order valence-electron chi connectivity index (χ4n) is 10.6. The van der Waals surface area contributed by atoms with Crippen LogP contribution in [0.1, 0.15) is 44.5 Å². The van der Waals surface area contributed by atoms with Crippen molar-refractivity contribution in [2.24, 2.45) is 0 Å². The van der Waals surface area contributed by atoms with Crippen LogP contribution in [0, 0.1) is 0 Å². The quantitative estimate of drug-likeness (QED) is 0.181. The van der Waals surface area contributed by atoms with Gasteiger partial charge in [-0.1, -0.05) is 158 Å². The number of hydrogen-bond donors (Lipinski definition) is 0. The summed E-state index contributed by atoms with van der Waals surface area (Å²) in [6.07, 6.45) is 0. The number of fused-ring (bicyclic) bond motifs is 20. The summed E-state index contributed by atoms with van der Waals surface area (Å²) in [5.41, 5.74) is 17.2. The van der Waals surface area contributed by atoms with Crippen molar-refractivity contribution in [2.75, 3.05) is 0 Å². The van der Waals surface area contributed by atoms with E-state index in [9.17, 15) is 0 Å². The van der Waals surface area contributed by atoms with Crippen molar-refractivity contribution in [3.63, 3.8) is 0 Å². The average molecular weight is 695 g/mol. The Morgan fingerprint density at radius 3 is 0.755 bits per heavy atom. The fraction of sp³-hybridized carbons (Fsp3) is 0.0400. The molecule has 3 heteroatoms. The smallest absolute Gasteiger partial charge is 0.206 e. The van der Waals surface area contributed by atoms with Crippen LogP contribution >= 0.6 is 0 Å². The second-order valence-electron chi connectivity index (χ2n) is 14.7. The monoisotopic (exact) mass is 694 g/mol. The molecule has 53 heavy (non-hydrogen) atoms.